The lowest BCUT2D eigenvalue weighted by atomic mass is 9.77. The van der Waals surface area contributed by atoms with Crippen LogP contribution in [0.15, 0.2) is 40.6 Å². The zero-order valence-corrected chi connectivity index (χ0v) is 15.0. The van der Waals surface area contributed by atoms with E-state index in [1.165, 1.54) is 30.4 Å². The number of anilines is 1. The first kappa shape index (κ1) is 16.7. The Bertz CT molecular complexity index is 734. The lowest BCUT2D eigenvalue weighted by Gasteiger charge is -2.38. The summed E-state index contributed by atoms with van der Waals surface area (Å²) >= 11 is 1.38. The molecule has 2 saturated heterocycles. The molecule has 5 nitrogen and oxygen atoms in total. The van der Waals surface area contributed by atoms with Gasteiger partial charge >= 0.3 is 0 Å². The van der Waals surface area contributed by atoms with Crippen LogP contribution >= 0.6 is 11.8 Å². The minimum atomic E-state index is -0.484. The predicted molar refractivity (Wildman–Crippen MR) is 94.3 cm³/mol. The van der Waals surface area contributed by atoms with Crippen LogP contribution in [0.4, 0.5) is 10.2 Å². The lowest BCUT2D eigenvalue weighted by molar-refractivity contribution is 0.0976. The molecule has 25 heavy (non-hydrogen) atoms. The summed E-state index contributed by atoms with van der Waals surface area (Å²) in [5.41, 5.74) is 0.366. The van der Waals surface area contributed by atoms with Crippen molar-refractivity contribution in [3.8, 4) is 0 Å². The maximum absolute atomic E-state index is 13.2. The maximum atomic E-state index is 13.2. The average molecular weight is 360 g/mol. The van der Waals surface area contributed by atoms with Gasteiger partial charge in [0.2, 0.25) is 5.95 Å². The molecule has 2 aliphatic rings. The number of ether oxygens (including phenoxy) is 1. The fraction of sp³-hybridized carbons (Fsp3) is 0.500. The van der Waals surface area contributed by atoms with E-state index in [0.717, 1.165) is 48.3 Å². The van der Waals surface area contributed by atoms with Crippen molar-refractivity contribution in [3.05, 3.63) is 36.7 Å². The van der Waals surface area contributed by atoms with Crippen molar-refractivity contribution in [2.45, 2.75) is 42.2 Å². The zero-order chi connectivity index (χ0) is 17.3. The first-order valence-corrected chi connectivity index (χ1v) is 9.42. The van der Waals surface area contributed by atoms with Gasteiger partial charge in [-0.3, -0.25) is 0 Å². The summed E-state index contributed by atoms with van der Waals surface area (Å²) in [4.78, 5) is 15.6. The maximum Gasteiger partial charge on any atom is 0.213 e. The topological polar surface area (TPSA) is 51.1 Å². The fourth-order valence-electron chi connectivity index (χ4n) is 3.70. The summed E-state index contributed by atoms with van der Waals surface area (Å²) in [6.45, 7) is 5.04. The van der Waals surface area contributed by atoms with Gasteiger partial charge in [-0.2, -0.15) is 4.39 Å². The van der Waals surface area contributed by atoms with Crippen LogP contribution in [0, 0.1) is 11.4 Å². The molecule has 2 aromatic heterocycles. The largest absolute Gasteiger partial charge is 0.378 e. The van der Waals surface area contributed by atoms with Gasteiger partial charge in [0.25, 0.3) is 0 Å². The van der Waals surface area contributed by atoms with E-state index >= 15 is 0 Å². The lowest BCUT2D eigenvalue weighted by Crippen LogP contribution is -2.41. The van der Waals surface area contributed by atoms with E-state index in [9.17, 15) is 4.39 Å². The van der Waals surface area contributed by atoms with E-state index in [1.807, 2.05) is 6.20 Å². The van der Waals surface area contributed by atoms with Gasteiger partial charge in [0.05, 0.1) is 25.1 Å². The van der Waals surface area contributed by atoms with Gasteiger partial charge in [-0.1, -0.05) is 11.8 Å². The highest BCUT2D eigenvalue weighted by Crippen LogP contribution is 2.42. The molecule has 1 spiro atoms. The van der Waals surface area contributed by atoms with Gasteiger partial charge in [-0.15, -0.1) is 0 Å². The van der Waals surface area contributed by atoms with Crippen LogP contribution in [-0.2, 0) is 4.74 Å². The van der Waals surface area contributed by atoms with E-state index in [2.05, 4.69) is 26.8 Å². The van der Waals surface area contributed by atoms with Crippen molar-refractivity contribution < 1.29 is 9.13 Å². The Labute approximate surface area is 151 Å². The van der Waals surface area contributed by atoms with Gasteiger partial charge in [0.1, 0.15) is 10.8 Å². The number of hydrogen-bond acceptors (Lipinski definition) is 6. The highest BCUT2D eigenvalue weighted by atomic mass is 32.2. The smallest absolute Gasteiger partial charge is 0.213 e. The number of hydrogen-bond donors (Lipinski definition) is 0. The quantitative estimate of drug-likeness (QED) is 0.780. The molecule has 4 rings (SSSR count). The van der Waals surface area contributed by atoms with Crippen molar-refractivity contribution in [2.75, 3.05) is 24.6 Å². The third-order valence-electron chi connectivity index (χ3n) is 5.08. The standard InChI is InChI=1S/C18H21FN4OS/c1-13-9-18(12-24-13)3-6-23(7-4-18)16-10-22-17(11-21-16)25-14-2-5-20-15(19)8-14/h2,5,8,10-11,13H,3-4,6-7,9,12H2,1H3/t13-/m0/s1. The Hall–Kier alpha value is -1.73. The Kier molecular flexibility index (Phi) is 4.60. The van der Waals surface area contributed by atoms with Crippen molar-refractivity contribution in [1.82, 2.24) is 15.0 Å². The summed E-state index contributed by atoms with van der Waals surface area (Å²) < 4.78 is 18.9. The highest BCUT2D eigenvalue weighted by Gasteiger charge is 2.41. The Morgan fingerprint density at radius 3 is 2.72 bits per heavy atom. The first-order chi connectivity index (χ1) is 12.1. The van der Waals surface area contributed by atoms with Gasteiger partial charge < -0.3 is 9.64 Å². The number of pyridine rings is 1. The summed E-state index contributed by atoms with van der Waals surface area (Å²) in [6.07, 6.45) is 8.87. The van der Waals surface area contributed by atoms with Gasteiger partial charge in [-0.05, 0) is 37.7 Å². The molecule has 0 unspecified atom stereocenters. The third kappa shape index (κ3) is 3.77. The summed E-state index contributed by atoms with van der Waals surface area (Å²) in [5.74, 6) is 0.425. The molecular weight excluding hydrogens is 339 g/mol. The van der Waals surface area contributed by atoms with Crippen LogP contribution in [0.5, 0.6) is 0 Å². The summed E-state index contributed by atoms with van der Waals surface area (Å²) in [5, 5.41) is 0.751. The molecule has 132 valence electrons. The molecule has 0 saturated carbocycles. The number of rotatable bonds is 3. The van der Waals surface area contributed by atoms with Crippen LogP contribution in [0.1, 0.15) is 26.2 Å². The van der Waals surface area contributed by atoms with E-state index < -0.39 is 5.95 Å². The Morgan fingerprint density at radius 1 is 1.24 bits per heavy atom. The molecular formula is C18H21FN4OS. The second kappa shape index (κ2) is 6.88. The highest BCUT2D eigenvalue weighted by molar-refractivity contribution is 7.99. The fourth-order valence-corrected chi connectivity index (χ4v) is 4.44. The number of halogens is 1. The van der Waals surface area contributed by atoms with Crippen LogP contribution < -0.4 is 4.90 Å². The summed E-state index contributed by atoms with van der Waals surface area (Å²) in [7, 11) is 0. The van der Waals surface area contributed by atoms with Gasteiger partial charge in [0, 0.05) is 30.2 Å². The molecule has 0 aromatic carbocycles. The SMILES string of the molecule is C[C@H]1CC2(CCN(c3cnc(Sc4ccnc(F)c4)cn3)CC2)CO1. The van der Waals surface area contributed by atoms with E-state index in [-0.39, 0.29) is 0 Å². The molecule has 2 fully saturated rings. The second-order valence-electron chi connectivity index (χ2n) is 6.94. The van der Waals surface area contributed by atoms with Crippen molar-refractivity contribution in [3.63, 3.8) is 0 Å². The van der Waals surface area contributed by atoms with Crippen LogP contribution in [0.25, 0.3) is 0 Å². The normalized spacial score (nSPS) is 22.5. The molecule has 0 radical (unpaired) electrons. The number of aromatic nitrogens is 3. The number of nitrogens with zero attached hydrogens (tertiary/aromatic N) is 4. The van der Waals surface area contributed by atoms with Crippen LogP contribution in [-0.4, -0.2) is 40.8 Å². The van der Waals surface area contributed by atoms with E-state index in [1.54, 1.807) is 12.3 Å². The number of piperidine rings is 1. The molecule has 7 heteroatoms. The predicted octanol–water partition coefficient (Wildman–Crippen LogP) is 3.56. The zero-order valence-electron chi connectivity index (χ0n) is 14.2. The Balaban J connectivity index is 1.38. The minimum Gasteiger partial charge on any atom is -0.378 e. The average Bonchev–Trinajstić information content (AvgIpc) is 2.97. The summed E-state index contributed by atoms with van der Waals surface area (Å²) in [6, 6.07) is 3.16. The molecule has 2 aliphatic heterocycles. The molecule has 0 aliphatic carbocycles. The van der Waals surface area contributed by atoms with Crippen molar-refractivity contribution >= 4 is 17.6 Å². The Morgan fingerprint density at radius 2 is 2.08 bits per heavy atom. The monoisotopic (exact) mass is 360 g/mol. The molecule has 2 aromatic rings. The molecule has 0 N–H and O–H groups in total. The van der Waals surface area contributed by atoms with Gasteiger partial charge in [-0.25, -0.2) is 15.0 Å². The van der Waals surface area contributed by atoms with E-state index in [0.29, 0.717) is 11.5 Å². The van der Waals surface area contributed by atoms with Crippen molar-refractivity contribution in [2.24, 2.45) is 5.41 Å². The molecule has 0 amide bonds. The van der Waals surface area contributed by atoms with Gasteiger partial charge in [0.15, 0.2) is 0 Å². The first-order valence-electron chi connectivity index (χ1n) is 8.60. The van der Waals surface area contributed by atoms with Crippen LogP contribution in [0.3, 0.4) is 0 Å². The van der Waals surface area contributed by atoms with Crippen molar-refractivity contribution in [1.29, 1.82) is 0 Å². The minimum absolute atomic E-state index is 0.366. The van der Waals surface area contributed by atoms with E-state index in [4.69, 9.17) is 4.74 Å². The molecule has 4 heterocycles. The molecule has 1 atom stereocenters. The van der Waals surface area contributed by atoms with Crippen LogP contribution in [0.2, 0.25) is 0 Å². The second-order valence-corrected chi connectivity index (χ2v) is 8.04. The third-order valence-corrected chi connectivity index (χ3v) is 5.99. The molecule has 0 bridgehead atoms.